The Hall–Kier alpha value is -2.51. The summed E-state index contributed by atoms with van der Waals surface area (Å²) < 4.78 is 0. The second-order valence-electron chi connectivity index (χ2n) is 4.54. The first kappa shape index (κ1) is 14.9. The average Bonchev–Trinajstić information content (AvgIpc) is 2.47. The van der Waals surface area contributed by atoms with Crippen LogP contribution < -0.4 is 10.6 Å². The van der Waals surface area contributed by atoms with E-state index in [1.807, 2.05) is 26.1 Å². The van der Waals surface area contributed by atoms with Gasteiger partial charge in [0.25, 0.3) is 5.91 Å². The summed E-state index contributed by atoms with van der Waals surface area (Å²) >= 11 is 5.90. The Morgan fingerprint density at radius 3 is 2.57 bits per heavy atom. The molecule has 5 heteroatoms. The van der Waals surface area contributed by atoms with Crippen molar-refractivity contribution in [2.75, 3.05) is 17.7 Å². The Kier molecular flexibility index (Phi) is 4.46. The summed E-state index contributed by atoms with van der Waals surface area (Å²) in [6.07, 6.45) is 0. The molecule has 0 heterocycles. The predicted octanol–water partition coefficient (Wildman–Crippen LogP) is 3.81. The maximum atomic E-state index is 12.3. The monoisotopic (exact) mass is 299 g/mol. The number of rotatable bonds is 3. The van der Waals surface area contributed by atoms with Crippen LogP contribution in [0, 0.1) is 18.3 Å². The molecule has 0 saturated carbocycles. The minimum absolute atomic E-state index is 0.278. The number of hydrogen-bond acceptors (Lipinski definition) is 3. The molecule has 0 radical (unpaired) electrons. The van der Waals surface area contributed by atoms with Crippen molar-refractivity contribution < 1.29 is 4.79 Å². The van der Waals surface area contributed by atoms with E-state index >= 15 is 0 Å². The zero-order chi connectivity index (χ0) is 15.4. The predicted molar refractivity (Wildman–Crippen MR) is 84.8 cm³/mol. The van der Waals surface area contributed by atoms with Crippen molar-refractivity contribution in [3.05, 3.63) is 58.1 Å². The van der Waals surface area contributed by atoms with Crippen molar-refractivity contribution in [2.24, 2.45) is 0 Å². The van der Waals surface area contributed by atoms with E-state index in [-0.39, 0.29) is 5.91 Å². The molecule has 0 atom stereocenters. The number of nitrogens with zero attached hydrogens (tertiary/aromatic N) is 1. The van der Waals surface area contributed by atoms with E-state index < -0.39 is 0 Å². The van der Waals surface area contributed by atoms with Crippen LogP contribution in [0.3, 0.4) is 0 Å². The lowest BCUT2D eigenvalue weighted by molar-refractivity contribution is 0.102. The maximum absolute atomic E-state index is 12.3. The highest BCUT2D eigenvalue weighted by atomic mass is 35.5. The van der Waals surface area contributed by atoms with Crippen LogP contribution in [0.5, 0.6) is 0 Å². The van der Waals surface area contributed by atoms with Crippen LogP contribution in [0.15, 0.2) is 36.4 Å². The lowest BCUT2D eigenvalue weighted by Crippen LogP contribution is -2.13. The number of benzene rings is 2. The van der Waals surface area contributed by atoms with Gasteiger partial charge in [-0.1, -0.05) is 11.6 Å². The molecular formula is C16H14ClN3O. The largest absolute Gasteiger partial charge is 0.388 e. The lowest BCUT2D eigenvalue weighted by Gasteiger charge is -2.10. The van der Waals surface area contributed by atoms with Crippen LogP contribution in [-0.4, -0.2) is 13.0 Å². The van der Waals surface area contributed by atoms with Gasteiger partial charge in [-0.2, -0.15) is 5.26 Å². The molecule has 2 rings (SSSR count). The highest BCUT2D eigenvalue weighted by Crippen LogP contribution is 2.22. The summed E-state index contributed by atoms with van der Waals surface area (Å²) in [4.78, 5) is 12.3. The first-order chi connectivity index (χ1) is 10.0. The Labute approximate surface area is 128 Å². The summed E-state index contributed by atoms with van der Waals surface area (Å²) in [5, 5.41) is 15.3. The van der Waals surface area contributed by atoms with Crippen molar-refractivity contribution in [3.8, 4) is 6.07 Å². The summed E-state index contributed by atoms with van der Waals surface area (Å²) in [6, 6.07) is 12.1. The molecule has 106 valence electrons. The SMILES string of the molecule is CNc1ccc(C(=O)Nc2cc(Cl)ccc2C#N)cc1C. The number of aryl methyl sites for hydroxylation is 1. The zero-order valence-corrected chi connectivity index (χ0v) is 12.5. The van der Waals surface area contributed by atoms with Crippen LogP contribution in [0.1, 0.15) is 21.5 Å². The summed E-state index contributed by atoms with van der Waals surface area (Å²) in [5.74, 6) is -0.278. The van der Waals surface area contributed by atoms with E-state index in [1.165, 1.54) is 0 Å². The van der Waals surface area contributed by atoms with Gasteiger partial charge in [-0.25, -0.2) is 0 Å². The number of amides is 1. The third-order valence-corrected chi connectivity index (χ3v) is 3.34. The smallest absolute Gasteiger partial charge is 0.255 e. The maximum Gasteiger partial charge on any atom is 0.255 e. The second kappa shape index (κ2) is 6.29. The minimum atomic E-state index is -0.278. The third-order valence-electron chi connectivity index (χ3n) is 3.11. The van der Waals surface area contributed by atoms with Crippen LogP contribution in [0.25, 0.3) is 0 Å². The second-order valence-corrected chi connectivity index (χ2v) is 4.97. The quantitative estimate of drug-likeness (QED) is 0.905. The van der Waals surface area contributed by atoms with E-state index in [0.717, 1.165) is 11.3 Å². The van der Waals surface area contributed by atoms with Crippen molar-refractivity contribution in [1.82, 2.24) is 0 Å². The van der Waals surface area contributed by atoms with E-state index in [2.05, 4.69) is 10.6 Å². The molecule has 0 aliphatic heterocycles. The van der Waals surface area contributed by atoms with Gasteiger partial charge in [-0.15, -0.1) is 0 Å². The highest BCUT2D eigenvalue weighted by molar-refractivity contribution is 6.31. The molecule has 0 aliphatic rings. The molecule has 2 aromatic rings. The zero-order valence-electron chi connectivity index (χ0n) is 11.7. The van der Waals surface area contributed by atoms with Crippen molar-refractivity contribution in [2.45, 2.75) is 6.92 Å². The normalized spacial score (nSPS) is 9.81. The standard InChI is InChI=1S/C16H14ClN3O/c1-10-7-11(4-6-14(10)19-2)16(21)20-15-8-13(17)5-3-12(15)9-18/h3-8,19H,1-2H3,(H,20,21). The third kappa shape index (κ3) is 3.33. The van der Waals surface area contributed by atoms with Crippen molar-refractivity contribution in [1.29, 1.82) is 5.26 Å². The van der Waals surface area contributed by atoms with Gasteiger partial charge in [0.1, 0.15) is 6.07 Å². The number of nitriles is 1. The molecule has 2 N–H and O–H groups in total. The molecule has 21 heavy (non-hydrogen) atoms. The molecule has 1 amide bonds. The Bertz CT molecular complexity index is 735. The molecule has 0 aliphatic carbocycles. The van der Waals surface area contributed by atoms with Gasteiger partial charge in [-0.3, -0.25) is 4.79 Å². The minimum Gasteiger partial charge on any atom is -0.388 e. The number of nitrogens with one attached hydrogen (secondary N) is 2. The molecule has 2 aromatic carbocycles. The number of carbonyl (C=O) groups excluding carboxylic acids is 1. The number of halogens is 1. The summed E-state index contributed by atoms with van der Waals surface area (Å²) in [6.45, 7) is 1.92. The van der Waals surface area contributed by atoms with Gasteiger partial charge in [0, 0.05) is 23.3 Å². The lowest BCUT2D eigenvalue weighted by atomic mass is 10.1. The molecule has 4 nitrogen and oxygen atoms in total. The molecule has 0 aromatic heterocycles. The van der Waals surface area contributed by atoms with Crippen LogP contribution in [0.4, 0.5) is 11.4 Å². The fraction of sp³-hybridized carbons (Fsp3) is 0.125. The van der Waals surface area contributed by atoms with Gasteiger partial charge < -0.3 is 10.6 Å². The molecule has 0 saturated heterocycles. The van der Waals surface area contributed by atoms with Crippen molar-refractivity contribution in [3.63, 3.8) is 0 Å². The molecular weight excluding hydrogens is 286 g/mol. The average molecular weight is 300 g/mol. The Balaban J connectivity index is 2.28. The van der Waals surface area contributed by atoms with E-state index in [0.29, 0.717) is 21.8 Å². The van der Waals surface area contributed by atoms with E-state index in [1.54, 1.807) is 30.3 Å². The summed E-state index contributed by atoms with van der Waals surface area (Å²) in [7, 11) is 1.83. The van der Waals surface area contributed by atoms with E-state index in [4.69, 9.17) is 16.9 Å². The van der Waals surface area contributed by atoms with Crippen LogP contribution in [-0.2, 0) is 0 Å². The summed E-state index contributed by atoms with van der Waals surface area (Å²) in [5.41, 5.74) is 3.24. The van der Waals surface area contributed by atoms with Crippen LogP contribution >= 0.6 is 11.6 Å². The fourth-order valence-electron chi connectivity index (χ4n) is 2.00. The van der Waals surface area contributed by atoms with Gasteiger partial charge in [0.15, 0.2) is 0 Å². The fourth-order valence-corrected chi connectivity index (χ4v) is 2.17. The highest BCUT2D eigenvalue weighted by Gasteiger charge is 2.11. The number of hydrogen-bond donors (Lipinski definition) is 2. The first-order valence-electron chi connectivity index (χ1n) is 6.34. The van der Waals surface area contributed by atoms with E-state index in [9.17, 15) is 4.79 Å². The molecule has 0 fully saturated rings. The van der Waals surface area contributed by atoms with Gasteiger partial charge in [0.05, 0.1) is 11.3 Å². The first-order valence-corrected chi connectivity index (χ1v) is 6.72. The molecule has 0 spiro atoms. The topological polar surface area (TPSA) is 64.9 Å². The van der Waals surface area contributed by atoms with Crippen molar-refractivity contribution >= 4 is 28.9 Å². The van der Waals surface area contributed by atoms with Gasteiger partial charge in [0.2, 0.25) is 0 Å². The van der Waals surface area contributed by atoms with Crippen LogP contribution in [0.2, 0.25) is 5.02 Å². The van der Waals surface area contributed by atoms with Gasteiger partial charge in [-0.05, 0) is 48.9 Å². The number of carbonyl (C=O) groups is 1. The Morgan fingerprint density at radius 1 is 1.19 bits per heavy atom. The molecule has 0 unspecified atom stereocenters. The Morgan fingerprint density at radius 2 is 1.95 bits per heavy atom. The van der Waals surface area contributed by atoms with Gasteiger partial charge >= 0.3 is 0 Å². The molecule has 0 bridgehead atoms. The number of anilines is 2.